The van der Waals surface area contributed by atoms with Crippen molar-refractivity contribution < 1.29 is 14.3 Å². The van der Waals surface area contributed by atoms with E-state index >= 15 is 0 Å². The van der Waals surface area contributed by atoms with Crippen molar-refractivity contribution in [3.63, 3.8) is 0 Å². The predicted octanol–water partition coefficient (Wildman–Crippen LogP) is 3.24. The van der Waals surface area contributed by atoms with Gasteiger partial charge in [0.1, 0.15) is 6.29 Å². The Hall–Kier alpha value is -2.67. The van der Waals surface area contributed by atoms with Crippen LogP contribution in [-0.2, 0) is 14.3 Å². The van der Waals surface area contributed by atoms with E-state index in [1.807, 2.05) is 31.2 Å². The van der Waals surface area contributed by atoms with Gasteiger partial charge in [-0.25, -0.2) is 0 Å². The van der Waals surface area contributed by atoms with Crippen LogP contribution in [0, 0.1) is 23.7 Å². The standard InChI is InChI=1S/C19H19NO3/c1-4-23-18(22)19(12-20)10-15(11-21)9-14(3)17(19)16-7-5-6-13(2)8-16/h5-9,11,17H,3-4,10H2,1-2H3/t17-,19+/m1/s1. The molecular weight excluding hydrogens is 290 g/mol. The molecule has 0 amide bonds. The largest absolute Gasteiger partial charge is 0.465 e. The molecule has 0 fully saturated rings. The van der Waals surface area contributed by atoms with Crippen LogP contribution < -0.4 is 0 Å². The fourth-order valence-corrected chi connectivity index (χ4v) is 3.14. The van der Waals surface area contributed by atoms with Gasteiger partial charge < -0.3 is 4.74 Å². The van der Waals surface area contributed by atoms with Gasteiger partial charge in [-0.15, -0.1) is 0 Å². The van der Waals surface area contributed by atoms with Crippen LogP contribution in [-0.4, -0.2) is 18.9 Å². The third-order valence-electron chi connectivity index (χ3n) is 4.08. The summed E-state index contributed by atoms with van der Waals surface area (Å²) in [5.41, 5.74) is 1.33. The van der Waals surface area contributed by atoms with Gasteiger partial charge in [0.25, 0.3) is 0 Å². The van der Waals surface area contributed by atoms with Gasteiger partial charge in [-0.2, -0.15) is 5.26 Å². The van der Waals surface area contributed by atoms with Gasteiger partial charge >= 0.3 is 5.97 Å². The lowest BCUT2D eigenvalue weighted by Gasteiger charge is -2.37. The van der Waals surface area contributed by atoms with E-state index < -0.39 is 17.3 Å². The Morgan fingerprint density at radius 3 is 2.87 bits per heavy atom. The molecule has 0 aromatic heterocycles. The number of carbonyl (C=O) groups is 2. The number of carbonyl (C=O) groups excluding carboxylic acids is 2. The van der Waals surface area contributed by atoms with Gasteiger partial charge in [-0.3, -0.25) is 9.59 Å². The SMILES string of the molecule is C=C1C=C(C=O)C[C@@](C#N)(C(=O)OCC)[C@H]1c1cccc(C)c1. The molecule has 1 aliphatic carbocycles. The number of hydrogen-bond donors (Lipinski definition) is 0. The summed E-state index contributed by atoms with van der Waals surface area (Å²) in [6, 6.07) is 9.75. The maximum absolute atomic E-state index is 12.6. The smallest absolute Gasteiger partial charge is 0.327 e. The van der Waals surface area contributed by atoms with Gasteiger partial charge in [0.05, 0.1) is 12.7 Å². The first kappa shape index (κ1) is 16.7. The highest BCUT2D eigenvalue weighted by atomic mass is 16.5. The lowest BCUT2D eigenvalue weighted by Crippen LogP contribution is -2.41. The summed E-state index contributed by atoms with van der Waals surface area (Å²) in [4.78, 5) is 23.8. The summed E-state index contributed by atoms with van der Waals surface area (Å²) in [5.74, 6) is -1.14. The summed E-state index contributed by atoms with van der Waals surface area (Å²) in [6.07, 6.45) is 2.36. The Morgan fingerprint density at radius 1 is 1.57 bits per heavy atom. The highest BCUT2D eigenvalue weighted by Gasteiger charge is 2.51. The molecule has 0 heterocycles. The number of aldehydes is 1. The zero-order valence-corrected chi connectivity index (χ0v) is 13.3. The van der Waals surface area contributed by atoms with E-state index in [4.69, 9.17) is 4.74 Å². The van der Waals surface area contributed by atoms with E-state index in [1.165, 1.54) is 0 Å². The first-order valence-corrected chi connectivity index (χ1v) is 7.48. The Kier molecular flexibility index (Phi) is 4.80. The fourth-order valence-electron chi connectivity index (χ4n) is 3.14. The number of ether oxygens (including phenoxy) is 1. The first-order chi connectivity index (χ1) is 11.0. The van der Waals surface area contributed by atoms with E-state index in [1.54, 1.807) is 13.0 Å². The van der Waals surface area contributed by atoms with Gasteiger partial charge in [0.2, 0.25) is 0 Å². The Balaban J connectivity index is 2.65. The molecule has 0 spiro atoms. The molecule has 0 saturated carbocycles. The molecule has 0 radical (unpaired) electrons. The second kappa shape index (κ2) is 6.62. The highest BCUT2D eigenvalue weighted by Crippen LogP contribution is 2.49. The van der Waals surface area contributed by atoms with Gasteiger partial charge in [0.15, 0.2) is 5.41 Å². The summed E-state index contributed by atoms with van der Waals surface area (Å²) in [6.45, 7) is 7.81. The third kappa shape index (κ3) is 2.95. The van der Waals surface area contributed by atoms with Crippen LogP contribution >= 0.6 is 0 Å². The number of nitriles is 1. The van der Waals surface area contributed by atoms with Crippen molar-refractivity contribution in [1.82, 2.24) is 0 Å². The van der Waals surface area contributed by atoms with Crippen LogP contribution in [0.1, 0.15) is 30.4 Å². The van der Waals surface area contributed by atoms with Crippen LogP contribution in [0.25, 0.3) is 0 Å². The maximum Gasteiger partial charge on any atom is 0.327 e. The number of rotatable bonds is 4. The molecule has 1 aromatic rings. The van der Waals surface area contributed by atoms with Crippen LogP contribution in [0.3, 0.4) is 0 Å². The van der Waals surface area contributed by atoms with Crippen molar-refractivity contribution in [2.75, 3.05) is 6.61 Å². The molecule has 1 aromatic carbocycles. The number of allylic oxidation sites excluding steroid dienone is 3. The molecule has 0 saturated heterocycles. The summed E-state index contributed by atoms with van der Waals surface area (Å²) < 4.78 is 5.15. The molecule has 0 bridgehead atoms. The molecule has 2 rings (SSSR count). The third-order valence-corrected chi connectivity index (χ3v) is 4.08. The Bertz CT molecular complexity index is 726. The Labute approximate surface area is 136 Å². The first-order valence-electron chi connectivity index (χ1n) is 7.48. The van der Waals surface area contributed by atoms with E-state index in [0.717, 1.165) is 11.1 Å². The number of esters is 1. The van der Waals surface area contributed by atoms with Crippen LogP contribution in [0.2, 0.25) is 0 Å². The monoisotopic (exact) mass is 309 g/mol. The minimum absolute atomic E-state index is 0.0312. The summed E-state index contributed by atoms with van der Waals surface area (Å²) >= 11 is 0. The normalized spacial score (nSPS) is 23.6. The topological polar surface area (TPSA) is 67.2 Å². The van der Waals surface area contributed by atoms with Crippen molar-refractivity contribution in [3.8, 4) is 6.07 Å². The van der Waals surface area contributed by atoms with Gasteiger partial charge in [-0.05, 0) is 30.6 Å². The lowest BCUT2D eigenvalue weighted by molar-refractivity contribution is -0.152. The molecule has 4 nitrogen and oxygen atoms in total. The van der Waals surface area contributed by atoms with Crippen molar-refractivity contribution in [3.05, 3.63) is 59.2 Å². The minimum Gasteiger partial charge on any atom is -0.465 e. The molecule has 1 aliphatic rings. The summed E-state index contributed by atoms with van der Waals surface area (Å²) in [7, 11) is 0. The molecule has 0 aliphatic heterocycles. The number of benzene rings is 1. The molecule has 2 atom stereocenters. The molecule has 118 valence electrons. The minimum atomic E-state index is -1.47. The zero-order chi connectivity index (χ0) is 17.0. The van der Waals surface area contributed by atoms with Crippen LogP contribution in [0.5, 0.6) is 0 Å². The van der Waals surface area contributed by atoms with E-state index in [0.29, 0.717) is 17.4 Å². The quantitative estimate of drug-likeness (QED) is 0.632. The lowest BCUT2D eigenvalue weighted by atomic mass is 9.63. The fraction of sp³-hybridized carbons (Fsp3) is 0.316. The molecule has 0 N–H and O–H groups in total. The summed E-state index contributed by atoms with van der Waals surface area (Å²) in [5, 5.41) is 9.84. The molecular formula is C19H19NO3. The Morgan fingerprint density at radius 2 is 2.30 bits per heavy atom. The molecule has 4 heteroatoms. The number of nitrogens with zero attached hydrogens (tertiary/aromatic N) is 1. The van der Waals surface area contributed by atoms with Crippen molar-refractivity contribution in [1.29, 1.82) is 5.26 Å². The van der Waals surface area contributed by atoms with Crippen LogP contribution in [0.15, 0.2) is 48.1 Å². The average Bonchev–Trinajstić information content (AvgIpc) is 2.53. The van der Waals surface area contributed by atoms with Crippen molar-refractivity contribution in [2.45, 2.75) is 26.2 Å². The molecule has 23 heavy (non-hydrogen) atoms. The highest BCUT2D eigenvalue weighted by molar-refractivity contribution is 5.87. The predicted molar refractivity (Wildman–Crippen MR) is 86.5 cm³/mol. The van der Waals surface area contributed by atoms with E-state index in [2.05, 4.69) is 12.6 Å². The number of aryl methyl sites for hydroxylation is 1. The molecule has 0 unspecified atom stereocenters. The van der Waals surface area contributed by atoms with Crippen molar-refractivity contribution >= 4 is 12.3 Å². The number of hydrogen-bond acceptors (Lipinski definition) is 4. The van der Waals surface area contributed by atoms with Gasteiger partial charge in [0, 0.05) is 12.3 Å². The van der Waals surface area contributed by atoms with Gasteiger partial charge in [-0.1, -0.05) is 42.5 Å². The van der Waals surface area contributed by atoms with E-state index in [9.17, 15) is 14.9 Å². The zero-order valence-electron chi connectivity index (χ0n) is 13.3. The second-order valence-electron chi connectivity index (χ2n) is 5.74. The maximum atomic E-state index is 12.6. The van der Waals surface area contributed by atoms with Crippen molar-refractivity contribution in [2.24, 2.45) is 5.41 Å². The second-order valence-corrected chi connectivity index (χ2v) is 5.74. The van der Waals surface area contributed by atoms with Crippen LogP contribution in [0.4, 0.5) is 0 Å². The average molecular weight is 309 g/mol. The van der Waals surface area contributed by atoms with E-state index in [-0.39, 0.29) is 13.0 Å².